The Kier molecular flexibility index (Phi) is 3.58. The van der Waals surface area contributed by atoms with E-state index in [-0.39, 0.29) is 5.75 Å². The molecule has 0 bridgehead atoms. The highest BCUT2D eigenvalue weighted by Crippen LogP contribution is 2.25. The van der Waals surface area contributed by atoms with Gasteiger partial charge in [-0.05, 0) is 24.2 Å². The van der Waals surface area contributed by atoms with Crippen molar-refractivity contribution in [3.05, 3.63) is 23.8 Å². The van der Waals surface area contributed by atoms with Gasteiger partial charge in [0.15, 0.2) is 11.5 Å². The van der Waals surface area contributed by atoms with Gasteiger partial charge in [-0.15, -0.1) is 0 Å². The van der Waals surface area contributed by atoms with Gasteiger partial charge < -0.3 is 15.2 Å². The Hall–Kier alpha value is -1.22. The van der Waals surface area contributed by atoms with Gasteiger partial charge in [0, 0.05) is 6.54 Å². The molecule has 0 saturated heterocycles. The third-order valence-electron chi connectivity index (χ3n) is 1.82. The molecule has 0 aliphatic carbocycles. The molecule has 1 aromatic carbocycles. The van der Waals surface area contributed by atoms with Gasteiger partial charge in [-0.3, -0.25) is 0 Å². The molecule has 0 radical (unpaired) electrons. The first kappa shape index (κ1) is 9.86. The molecular weight excluding hydrogens is 166 g/mol. The lowest BCUT2D eigenvalue weighted by Crippen LogP contribution is -2.11. The van der Waals surface area contributed by atoms with Crippen LogP contribution in [-0.4, -0.2) is 18.8 Å². The highest BCUT2D eigenvalue weighted by Gasteiger charge is 2.01. The van der Waals surface area contributed by atoms with E-state index < -0.39 is 0 Å². The molecular formula is C10H15NO2. The summed E-state index contributed by atoms with van der Waals surface area (Å²) in [4.78, 5) is 0. The van der Waals surface area contributed by atoms with Crippen LogP contribution in [0.1, 0.15) is 12.5 Å². The third-order valence-corrected chi connectivity index (χ3v) is 1.82. The second-order valence-electron chi connectivity index (χ2n) is 2.79. The second kappa shape index (κ2) is 4.72. The summed E-state index contributed by atoms with van der Waals surface area (Å²) in [6.45, 7) is 3.74. The largest absolute Gasteiger partial charge is 0.504 e. The lowest BCUT2D eigenvalue weighted by atomic mass is 10.2. The number of hydrogen-bond acceptors (Lipinski definition) is 3. The van der Waals surface area contributed by atoms with E-state index in [0.29, 0.717) is 5.75 Å². The van der Waals surface area contributed by atoms with Crippen LogP contribution in [0, 0.1) is 0 Å². The topological polar surface area (TPSA) is 41.5 Å². The first-order valence-corrected chi connectivity index (χ1v) is 4.34. The van der Waals surface area contributed by atoms with Crippen molar-refractivity contribution in [1.29, 1.82) is 0 Å². The summed E-state index contributed by atoms with van der Waals surface area (Å²) in [5, 5.41) is 12.6. The molecule has 1 aromatic rings. The van der Waals surface area contributed by atoms with E-state index >= 15 is 0 Å². The number of benzene rings is 1. The Balaban J connectivity index is 2.71. The SMILES string of the molecule is CCNCc1ccc(OC)c(O)c1. The van der Waals surface area contributed by atoms with E-state index in [4.69, 9.17) is 4.74 Å². The summed E-state index contributed by atoms with van der Waals surface area (Å²) in [5.74, 6) is 0.707. The zero-order chi connectivity index (χ0) is 9.68. The number of phenols is 1. The molecule has 0 atom stereocenters. The van der Waals surface area contributed by atoms with Crippen LogP contribution in [-0.2, 0) is 6.54 Å². The molecule has 0 saturated carbocycles. The molecule has 0 spiro atoms. The van der Waals surface area contributed by atoms with E-state index in [9.17, 15) is 5.11 Å². The maximum atomic E-state index is 9.44. The molecule has 0 heterocycles. The molecule has 72 valence electrons. The van der Waals surface area contributed by atoms with Gasteiger partial charge in [0.1, 0.15) is 0 Å². The van der Waals surface area contributed by atoms with E-state index in [1.54, 1.807) is 19.2 Å². The fraction of sp³-hybridized carbons (Fsp3) is 0.400. The van der Waals surface area contributed by atoms with Crippen molar-refractivity contribution in [2.75, 3.05) is 13.7 Å². The second-order valence-corrected chi connectivity index (χ2v) is 2.79. The average Bonchev–Trinajstić information content (AvgIpc) is 2.15. The van der Waals surface area contributed by atoms with Gasteiger partial charge in [-0.1, -0.05) is 13.0 Å². The fourth-order valence-corrected chi connectivity index (χ4v) is 1.11. The minimum absolute atomic E-state index is 0.193. The summed E-state index contributed by atoms with van der Waals surface area (Å²) < 4.78 is 4.93. The van der Waals surface area contributed by atoms with E-state index in [0.717, 1.165) is 18.7 Å². The van der Waals surface area contributed by atoms with Crippen molar-refractivity contribution in [3.63, 3.8) is 0 Å². The Morgan fingerprint density at radius 3 is 2.77 bits per heavy atom. The Morgan fingerprint density at radius 1 is 1.46 bits per heavy atom. The standard InChI is InChI=1S/C10H15NO2/c1-3-11-7-8-4-5-10(13-2)9(12)6-8/h4-6,11-12H,3,7H2,1-2H3. The van der Waals surface area contributed by atoms with Crippen LogP contribution >= 0.6 is 0 Å². The number of rotatable bonds is 4. The smallest absolute Gasteiger partial charge is 0.160 e. The van der Waals surface area contributed by atoms with Crippen LogP contribution in [0.5, 0.6) is 11.5 Å². The molecule has 2 N–H and O–H groups in total. The zero-order valence-electron chi connectivity index (χ0n) is 8.00. The van der Waals surface area contributed by atoms with Gasteiger partial charge >= 0.3 is 0 Å². The molecule has 13 heavy (non-hydrogen) atoms. The molecule has 0 aliphatic rings. The summed E-state index contributed by atoms with van der Waals surface area (Å²) in [5.41, 5.74) is 1.06. The first-order valence-electron chi connectivity index (χ1n) is 4.34. The van der Waals surface area contributed by atoms with Gasteiger partial charge in [0.05, 0.1) is 7.11 Å². The van der Waals surface area contributed by atoms with Crippen LogP contribution < -0.4 is 10.1 Å². The summed E-state index contributed by atoms with van der Waals surface area (Å²) >= 11 is 0. The lowest BCUT2D eigenvalue weighted by molar-refractivity contribution is 0.373. The van der Waals surface area contributed by atoms with Gasteiger partial charge in [-0.25, -0.2) is 0 Å². The minimum Gasteiger partial charge on any atom is -0.504 e. The van der Waals surface area contributed by atoms with Gasteiger partial charge in [0.2, 0.25) is 0 Å². The Labute approximate surface area is 78.3 Å². The summed E-state index contributed by atoms with van der Waals surface area (Å²) in [6.07, 6.45) is 0. The summed E-state index contributed by atoms with van der Waals surface area (Å²) in [6, 6.07) is 5.41. The number of hydrogen-bond donors (Lipinski definition) is 2. The fourth-order valence-electron chi connectivity index (χ4n) is 1.11. The third kappa shape index (κ3) is 2.63. The molecule has 0 aliphatic heterocycles. The molecule has 0 unspecified atom stereocenters. The van der Waals surface area contributed by atoms with Crippen LogP contribution in [0.2, 0.25) is 0 Å². The Bertz CT molecular complexity index is 274. The minimum atomic E-state index is 0.193. The number of ether oxygens (including phenoxy) is 1. The monoisotopic (exact) mass is 181 g/mol. The zero-order valence-corrected chi connectivity index (χ0v) is 8.00. The highest BCUT2D eigenvalue weighted by molar-refractivity contribution is 5.41. The normalized spacial score (nSPS) is 10.0. The number of methoxy groups -OCH3 is 1. The van der Waals surface area contributed by atoms with Crippen molar-refractivity contribution in [3.8, 4) is 11.5 Å². The lowest BCUT2D eigenvalue weighted by Gasteiger charge is -2.06. The van der Waals surface area contributed by atoms with Crippen molar-refractivity contribution in [1.82, 2.24) is 5.32 Å². The molecule has 0 fully saturated rings. The maximum Gasteiger partial charge on any atom is 0.160 e. The number of nitrogens with one attached hydrogen (secondary N) is 1. The van der Waals surface area contributed by atoms with Crippen LogP contribution in [0.3, 0.4) is 0 Å². The van der Waals surface area contributed by atoms with E-state index in [1.165, 1.54) is 0 Å². The van der Waals surface area contributed by atoms with Gasteiger partial charge in [0.25, 0.3) is 0 Å². The number of aromatic hydroxyl groups is 1. The molecule has 3 heteroatoms. The average molecular weight is 181 g/mol. The van der Waals surface area contributed by atoms with Crippen molar-refractivity contribution in [2.24, 2.45) is 0 Å². The first-order chi connectivity index (χ1) is 6.27. The molecule has 1 rings (SSSR count). The van der Waals surface area contributed by atoms with E-state index in [1.807, 2.05) is 13.0 Å². The highest BCUT2D eigenvalue weighted by atomic mass is 16.5. The molecule has 0 aromatic heterocycles. The van der Waals surface area contributed by atoms with E-state index in [2.05, 4.69) is 5.32 Å². The van der Waals surface area contributed by atoms with Crippen molar-refractivity contribution < 1.29 is 9.84 Å². The Morgan fingerprint density at radius 2 is 2.23 bits per heavy atom. The van der Waals surface area contributed by atoms with Crippen LogP contribution in [0.4, 0.5) is 0 Å². The molecule has 0 amide bonds. The van der Waals surface area contributed by atoms with Gasteiger partial charge in [-0.2, -0.15) is 0 Å². The van der Waals surface area contributed by atoms with Crippen LogP contribution in [0.15, 0.2) is 18.2 Å². The van der Waals surface area contributed by atoms with Crippen molar-refractivity contribution >= 4 is 0 Å². The maximum absolute atomic E-state index is 9.44. The van der Waals surface area contributed by atoms with Crippen molar-refractivity contribution in [2.45, 2.75) is 13.5 Å². The van der Waals surface area contributed by atoms with Crippen LogP contribution in [0.25, 0.3) is 0 Å². The predicted molar refractivity (Wildman–Crippen MR) is 52.0 cm³/mol. The molecule has 3 nitrogen and oxygen atoms in total. The summed E-state index contributed by atoms with van der Waals surface area (Å²) in [7, 11) is 1.54. The quantitative estimate of drug-likeness (QED) is 0.739. The number of phenolic OH excluding ortho intramolecular Hbond substituents is 1. The predicted octanol–water partition coefficient (Wildman–Crippen LogP) is 1.51.